The first-order valence-corrected chi connectivity index (χ1v) is 5.88. The average molecular weight is 271 g/mol. The van der Waals surface area contributed by atoms with E-state index in [0.717, 1.165) is 29.9 Å². The van der Waals surface area contributed by atoms with E-state index in [1.807, 2.05) is 12.1 Å². The lowest BCUT2D eigenvalue weighted by Crippen LogP contribution is -2.42. The van der Waals surface area contributed by atoms with Gasteiger partial charge in [0.05, 0.1) is 7.11 Å². The molecule has 1 atom stereocenters. The van der Waals surface area contributed by atoms with E-state index in [0.29, 0.717) is 6.04 Å². The molecule has 2 N–H and O–H groups in total. The van der Waals surface area contributed by atoms with Crippen LogP contribution in [0.2, 0.25) is 0 Å². The molecule has 0 amide bonds. The first kappa shape index (κ1) is 10.9. The molecule has 0 bridgehead atoms. The number of benzene rings is 1. The molecular weight excluding hydrogens is 256 g/mol. The average Bonchev–Trinajstić information content (AvgIpc) is 2.30. The van der Waals surface area contributed by atoms with E-state index in [-0.39, 0.29) is 0 Å². The van der Waals surface area contributed by atoms with E-state index in [1.54, 1.807) is 7.11 Å². The zero-order chi connectivity index (χ0) is 10.7. The topological polar surface area (TPSA) is 33.3 Å². The summed E-state index contributed by atoms with van der Waals surface area (Å²) in [5, 5.41) is 6.84. The van der Waals surface area contributed by atoms with Crippen molar-refractivity contribution in [3.05, 3.63) is 28.2 Å². The fourth-order valence-corrected chi connectivity index (χ4v) is 2.23. The molecule has 1 aliphatic rings. The maximum Gasteiger partial charge on any atom is 0.123 e. The maximum absolute atomic E-state index is 5.36. The van der Waals surface area contributed by atoms with Crippen LogP contribution in [0.25, 0.3) is 0 Å². The van der Waals surface area contributed by atoms with Gasteiger partial charge in [-0.3, -0.25) is 0 Å². The van der Waals surface area contributed by atoms with Crippen LogP contribution in [0.15, 0.2) is 22.7 Å². The molecule has 1 fully saturated rings. The third-order valence-corrected chi connectivity index (χ3v) is 3.10. The van der Waals surface area contributed by atoms with Crippen molar-refractivity contribution in [2.45, 2.75) is 6.04 Å². The molecule has 0 aliphatic carbocycles. The van der Waals surface area contributed by atoms with Gasteiger partial charge in [0.1, 0.15) is 5.75 Å². The molecule has 0 spiro atoms. The second-order valence-electron chi connectivity index (χ2n) is 3.60. The Morgan fingerprint density at radius 2 is 2.27 bits per heavy atom. The number of rotatable bonds is 2. The quantitative estimate of drug-likeness (QED) is 0.858. The van der Waals surface area contributed by atoms with Crippen LogP contribution in [0.1, 0.15) is 11.6 Å². The number of hydrogen-bond donors (Lipinski definition) is 2. The minimum absolute atomic E-state index is 0.339. The molecule has 0 aromatic heterocycles. The Balaban J connectivity index is 2.27. The van der Waals surface area contributed by atoms with Crippen molar-refractivity contribution in [3.8, 4) is 5.75 Å². The molecule has 82 valence electrons. The molecular formula is C11H15BrN2O. The Morgan fingerprint density at radius 3 is 2.93 bits per heavy atom. The molecule has 1 aromatic carbocycles. The molecule has 4 heteroatoms. The Morgan fingerprint density at radius 1 is 1.40 bits per heavy atom. The van der Waals surface area contributed by atoms with Gasteiger partial charge in [0.25, 0.3) is 0 Å². The summed E-state index contributed by atoms with van der Waals surface area (Å²) < 4.78 is 6.45. The maximum atomic E-state index is 5.36. The molecule has 2 rings (SSSR count). The van der Waals surface area contributed by atoms with Crippen molar-refractivity contribution >= 4 is 15.9 Å². The first-order valence-electron chi connectivity index (χ1n) is 5.09. The summed E-state index contributed by atoms with van der Waals surface area (Å²) >= 11 is 3.49. The highest BCUT2D eigenvalue weighted by atomic mass is 79.9. The second kappa shape index (κ2) is 4.96. The first-order chi connectivity index (χ1) is 7.31. The minimum Gasteiger partial charge on any atom is -0.496 e. The van der Waals surface area contributed by atoms with Crippen LogP contribution in [-0.2, 0) is 0 Å². The van der Waals surface area contributed by atoms with E-state index >= 15 is 0 Å². The fourth-order valence-electron chi connectivity index (χ4n) is 1.85. The van der Waals surface area contributed by atoms with Crippen molar-refractivity contribution in [1.29, 1.82) is 0 Å². The van der Waals surface area contributed by atoms with Gasteiger partial charge in [-0.05, 0) is 18.2 Å². The fraction of sp³-hybridized carbons (Fsp3) is 0.455. The molecule has 1 aliphatic heterocycles. The van der Waals surface area contributed by atoms with E-state index in [2.05, 4.69) is 32.6 Å². The van der Waals surface area contributed by atoms with Crippen molar-refractivity contribution in [1.82, 2.24) is 10.6 Å². The number of halogens is 1. The Hall–Kier alpha value is -0.580. The van der Waals surface area contributed by atoms with Gasteiger partial charge in [0.2, 0.25) is 0 Å². The predicted molar refractivity (Wildman–Crippen MR) is 64.3 cm³/mol. The van der Waals surface area contributed by atoms with E-state index in [4.69, 9.17) is 4.74 Å². The van der Waals surface area contributed by atoms with Gasteiger partial charge in [-0.15, -0.1) is 0 Å². The number of ether oxygens (including phenoxy) is 1. The molecule has 0 saturated carbocycles. The predicted octanol–water partition coefficient (Wildman–Crippen LogP) is 1.69. The number of piperazine rings is 1. The van der Waals surface area contributed by atoms with Crippen LogP contribution in [0.4, 0.5) is 0 Å². The summed E-state index contributed by atoms with van der Waals surface area (Å²) in [5.41, 5.74) is 1.21. The standard InChI is InChI=1S/C11H15BrN2O/c1-15-11-3-2-8(12)6-9(11)10-7-13-4-5-14-10/h2-3,6,10,13-14H,4-5,7H2,1H3/t10-/m0/s1. The summed E-state index contributed by atoms with van der Waals surface area (Å²) in [6.45, 7) is 2.99. The van der Waals surface area contributed by atoms with Gasteiger partial charge in [0.15, 0.2) is 0 Å². The zero-order valence-corrected chi connectivity index (χ0v) is 10.3. The number of hydrogen-bond acceptors (Lipinski definition) is 3. The SMILES string of the molecule is COc1ccc(Br)cc1[C@@H]1CNCCN1. The third kappa shape index (κ3) is 2.51. The smallest absolute Gasteiger partial charge is 0.123 e. The van der Waals surface area contributed by atoms with Crippen molar-refractivity contribution < 1.29 is 4.74 Å². The van der Waals surface area contributed by atoms with Crippen LogP contribution >= 0.6 is 15.9 Å². The van der Waals surface area contributed by atoms with Crippen LogP contribution < -0.4 is 15.4 Å². The zero-order valence-electron chi connectivity index (χ0n) is 8.72. The number of methoxy groups -OCH3 is 1. The molecule has 0 radical (unpaired) electrons. The molecule has 15 heavy (non-hydrogen) atoms. The van der Waals surface area contributed by atoms with Crippen molar-refractivity contribution in [2.24, 2.45) is 0 Å². The Bertz CT molecular complexity index is 337. The molecule has 3 nitrogen and oxygen atoms in total. The van der Waals surface area contributed by atoms with Gasteiger partial charge in [-0.25, -0.2) is 0 Å². The van der Waals surface area contributed by atoms with Crippen LogP contribution in [0, 0.1) is 0 Å². The van der Waals surface area contributed by atoms with Crippen LogP contribution in [-0.4, -0.2) is 26.7 Å². The molecule has 1 heterocycles. The van der Waals surface area contributed by atoms with E-state index in [9.17, 15) is 0 Å². The van der Waals surface area contributed by atoms with Gasteiger partial charge < -0.3 is 15.4 Å². The Labute approximate surface area is 98.3 Å². The van der Waals surface area contributed by atoms with Gasteiger partial charge in [0, 0.05) is 35.7 Å². The van der Waals surface area contributed by atoms with Crippen molar-refractivity contribution in [2.75, 3.05) is 26.7 Å². The summed E-state index contributed by atoms with van der Waals surface area (Å²) in [5.74, 6) is 0.944. The van der Waals surface area contributed by atoms with E-state index < -0.39 is 0 Å². The second-order valence-corrected chi connectivity index (χ2v) is 4.51. The monoisotopic (exact) mass is 270 g/mol. The highest BCUT2D eigenvalue weighted by Crippen LogP contribution is 2.28. The Kier molecular flexibility index (Phi) is 3.61. The van der Waals surface area contributed by atoms with Gasteiger partial charge >= 0.3 is 0 Å². The van der Waals surface area contributed by atoms with Crippen LogP contribution in [0.3, 0.4) is 0 Å². The van der Waals surface area contributed by atoms with Crippen LogP contribution in [0.5, 0.6) is 5.75 Å². The van der Waals surface area contributed by atoms with E-state index in [1.165, 1.54) is 5.56 Å². The number of nitrogens with one attached hydrogen (secondary N) is 2. The summed E-state index contributed by atoms with van der Waals surface area (Å²) in [6, 6.07) is 6.45. The largest absolute Gasteiger partial charge is 0.496 e. The molecule has 1 saturated heterocycles. The summed E-state index contributed by atoms with van der Waals surface area (Å²) in [6.07, 6.45) is 0. The normalized spacial score (nSPS) is 21.3. The summed E-state index contributed by atoms with van der Waals surface area (Å²) in [4.78, 5) is 0. The highest BCUT2D eigenvalue weighted by molar-refractivity contribution is 9.10. The minimum atomic E-state index is 0.339. The lowest BCUT2D eigenvalue weighted by atomic mass is 10.0. The molecule has 1 aromatic rings. The van der Waals surface area contributed by atoms with Gasteiger partial charge in [-0.1, -0.05) is 15.9 Å². The lowest BCUT2D eigenvalue weighted by Gasteiger charge is -2.26. The van der Waals surface area contributed by atoms with Crippen molar-refractivity contribution in [3.63, 3.8) is 0 Å². The van der Waals surface area contributed by atoms with Gasteiger partial charge in [-0.2, -0.15) is 0 Å². The third-order valence-electron chi connectivity index (χ3n) is 2.61. The lowest BCUT2D eigenvalue weighted by molar-refractivity contribution is 0.381. The summed E-state index contributed by atoms with van der Waals surface area (Å²) in [7, 11) is 1.71. The highest BCUT2D eigenvalue weighted by Gasteiger charge is 2.18. The molecule has 0 unspecified atom stereocenters.